The molecule has 1 amide bonds. The fraction of sp³-hybridized carbons (Fsp3) is 0.318. The summed E-state index contributed by atoms with van der Waals surface area (Å²) in [5.41, 5.74) is 3.31. The van der Waals surface area contributed by atoms with E-state index >= 15 is 0 Å². The summed E-state index contributed by atoms with van der Waals surface area (Å²) < 4.78 is 2.06. The second kappa shape index (κ2) is 9.06. The normalized spacial score (nSPS) is 13.1. The van der Waals surface area contributed by atoms with Gasteiger partial charge in [0.25, 0.3) is 0 Å². The first-order chi connectivity index (χ1) is 13.5. The highest BCUT2D eigenvalue weighted by Gasteiger charge is 2.21. The molecule has 0 aliphatic rings. The molecule has 5 nitrogen and oxygen atoms in total. The topological polar surface area (TPSA) is 59.8 Å². The van der Waals surface area contributed by atoms with Crippen LogP contribution in [-0.2, 0) is 11.3 Å². The Morgan fingerprint density at radius 1 is 1.11 bits per heavy atom. The zero-order valence-electron chi connectivity index (χ0n) is 16.7. The van der Waals surface area contributed by atoms with Crippen molar-refractivity contribution in [1.82, 2.24) is 20.1 Å². The number of rotatable bonds is 7. The summed E-state index contributed by atoms with van der Waals surface area (Å²) >= 11 is 1.44. The standard InChI is InChI=1S/C22H26N4OS/c1-5-26-20(19-13-9-10-15(2)14-19)24-25-22(26)28-17(4)21(27)23-16(3)18-11-7-6-8-12-18/h6-14,16-17H,5H2,1-4H3,(H,23,27). The number of carbonyl (C=O) groups excluding carboxylic acids is 1. The van der Waals surface area contributed by atoms with E-state index in [1.165, 1.54) is 17.3 Å². The van der Waals surface area contributed by atoms with Crippen LogP contribution in [0, 0.1) is 6.92 Å². The molecule has 2 unspecified atom stereocenters. The quantitative estimate of drug-likeness (QED) is 0.594. The summed E-state index contributed by atoms with van der Waals surface area (Å²) in [5.74, 6) is 0.822. The van der Waals surface area contributed by atoms with Crippen molar-refractivity contribution < 1.29 is 4.79 Å². The minimum atomic E-state index is -0.272. The molecule has 1 N–H and O–H groups in total. The van der Waals surface area contributed by atoms with Gasteiger partial charge in [-0.25, -0.2) is 0 Å². The van der Waals surface area contributed by atoms with E-state index in [2.05, 4.69) is 46.1 Å². The lowest BCUT2D eigenvalue weighted by molar-refractivity contribution is -0.120. The van der Waals surface area contributed by atoms with Gasteiger partial charge in [-0.3, -0.25) is 4.79 Å². The Kier molecular flexibility index (Phi) is 6.52. The molecule has 2 atom stereocenters. The maximum absolute atomic E-state index is 12.7. The summed E-state index contributed by atoms with van der Waals surface area (Å²) in [6, 6.07) is 18.1. The second-order valence-electron chi connectivity index (χ2n) is 6.82. The third kappa shape index (κ3) is 4.62. The molecule has 1 heterocycles. The molecule has 0 aliphatic carbocycles. The van der Waals surface area contributed by atoms with Crippen molar-refractivity contribution in [2.45, 2.75) is 50.7 Å². The van der Waals surface area contributed by atoms with E-state index in [-0.39, 0.29) is 17.2 Å². The molecule has 3 rings (SSSR count). The Balaban J connectivity index is 1.71. The van der Waals surface area contributed by atoms with Gasteiger partial charge in [0.2, 0.25) is 5.91 Å². The Labute approximate surface area is 170 Å². The smallest absolute Gasteiger partial charge is 0.233 e. The summed E-state index contributed by atoms with van der Waals surface area (Å²) in [6.45, 7) is 8.77. The fourth-order valence-corrected chi connectivity index (χ4v) is 3.95. The number of aromatic nitrogens is 3. The molecule has 3 aromatic rings. The number of carbonyl (C=O) groups is 1. The minimum Gasteiger partial charge on any atom is -0.349 e. The SMILES string of the molecule is CCn1c(SC(C)C(=O)NC(C)c2ccccc2)nnc1-c1cccc(C)c1. The Morgan fingerprint density at radius 3 is 2.54 bits per heavy atom. The van der Waals surface area contributed by atoms with Gasteiger partial charge in [-0.15, -0.1) is 10.2 Å². The van der Waals surface area contributed by atoms with E-state index in [0.717, 1.165) is 28.7 Å². The molecule has 0 bridgehead atoms. The number of amides is 1. The molecule has 0 aliphatic heterocycles. The van der Waals surface area contributed by atoms with Crippen molar-refractivity contribution in [3.63, 3.8) is 0 Å². The number of nitrogens with zero attached hydrogens (tertiary/aromatic N) is 3. The molecular formula is C22H26N4OS. The number of thioether (sulfide) groups is 1. The predicted molar refractivity (Wildman–Crippen MR) is 114 cm³/mol. The van der Waals surface area contributed by atoms with Crippen LogP contribution in [0.1, 0.15) is 37.9 Å². The van der Waals surface area contributed by atoms with Crippen LogP contribution in [0.2, 0.25) is 0 Å². The molecule has 0 fully saturated rings. The molecule has 2 aromatic carbocycles. The summed E-state index contributed by atoms with van der Waals surface area (Å²) in [5, 5.41) is 12.3. The van der Waals surface area contributed by atoms with Crippen molar-refractivity contribution in [3.8, 4) is 11.4 Å². The van der Waals surface area contributed by atoms with E-state index in [1.54, 1.807) is 0 Å². The Hall–Kier alpha value is -2.60. The summed E-state index contributed by atoms with van der Waals surface area (Å²) in [4.78, 5) is 12.7. The lowest BCUT2D eigenvalue weighted by Gasteiger charge is -2.17. The molecule has 0 radical (unpaired) electrons. The van der Waals surface area contributed by atoms with E-state index in [4.69, 9.17) is 0 Å². The van der Waals surface area contributed by atoms with Crippen molar-refractivity contribution in [2.75, 3.05) is 0 Å². The van der Waals surface area contributed by atoms with Crippen molar-refractivity contribution in [3.05, 3.63) is 65.7 Å². The molecular weight excluding hydrogens is 368 g/mol. The van der Waals surface area contributed by atoms with Crippen LogP contribution in [0.3, 0.4) is 0 Å². The average Bonchev–Trinajstić information content (AvgIpc) is 3.11. The van der Waals surface area contributed by atoms with Crippen molar-refractivity contribution in [2.24, 2.45) is 0 Å². The second-order valence-corrected chi connectivity index (χ2v) is 8.13. The molecule has 28 heavy (non-hydrogen) atoms. The van der Waals surface area contributed by atoms with Crippen LogP contribution < -0.4 is 5.32 Å². The minimum absolute atomic E-state index is 0.0101. The largest absolute Gasteiger partial charge is 0.349 e. The highest BCUT2D eigenvalue weighted by atomic mass is 32.2. The number of benzene rings is 2. The maximum atomic E-state index is 12.7. The van der Waals surface area contributed by atoms with E-state index < -0.39 is 0 Å². The van der Waals surface area contributed by atoms with Crippen LogP contribution in [0.25, 0.3) is 11.4 Å². The molecule has 0 spiro atoms. The van der Waals surface area contributed by atoms with Gasteiger partial charge >= 0.3 is 0 Å². The molecule has 0 saturated carbocycles. The summed E-state index contributed by atoms with van der Waals surface area (Å²) in [6.07, 6.45) is 0. The zero-order valence-corrected chi connectivity index (χ0v) is 17.5. The number of hydrogen-bond acceptors (Lipinski definition) is 4. The first kappa shape index (κ1) is 20.1. The molecule has 146 valence electrons. The highest BCUT2D eigenvalue weighted by molar-refractivity contribution is 8.00. The first-order valence-corrected chi connectivity index (χ1v) is 10.4. The van der Waals surface area contributed by atoms with Crippen LogP contribution >= 0.6 is 11.8 Å². The van der Waals surface area contributed by atoms with Gasteiger partial charge < -0.3 is 9.88 Å². The lowest BCUT2D eigenvalue weighted by atomic mass is 10.1. The van der Waals surface area contributed by atoms with Gasteiger partial charge in [-0.1, -0.05) is 65.9 Å². The third-order valence-electron chi connectivity index (χ3n) is 4.62. The zero-order chi connectivity index (χ0) is 20.1. The van der Waals surface area contributed by atoms with E-state index in [1.807, 2.05) is 56.3 Å². The van der Waals surface area contributed by atoms with Crippen LogP contribution in [0.4, 0.5) is 0 Å². The average molecular weight is 395 g/mol. The summed E-state index contributed by atoms with van der Waals surface area (Å²) in [7, 11) is 0. The van der Waals surface area contributed by atoms with Gasteiger partial charge in [0.05, 0.1) is 11.3 Å². The van der Waals surface area contributed by atoms with Gasteiger partial charge in [-0.05, 0) is 39.3 Å². The lowest BCUT2D eigenvalue weighted by Crippen LogP contribution is -2.33. The maximum Gasteiger partial charge on any atom is 0.233 e. The molecule has 6 heteroatoms. The number of hydrogen-bond donors (Lipinski definition) is 1. The fourth-order valence-electron chi connectivity index (χ4n) is 3.03. The predicted octanol–water partition coefficient (Wildman–Crippen LogP) is 4.63. The Morgan fingerprint density at radius 2 is 1.86 bits per heavy atom. The van der Waals surface area contributed by atoms with Crippen LogP contribution in [0.5, 0.6) is 0 Å². The first-order valence-electron chi connectivity index (χ1n) is 9.51. The van der Waals surface area contributed by atoms with Gasteiger partial charge in [-0.2, -0.15) is 0 Å². The van der Waals surface area contributed by atoms with Gasteiger partial charge in [0, 0.05) is 12.1 Å². The van der Waals surface area contributed by atoms with Crippen LogP contribution in [0.15, 0.2) is 59.8 Å². The van der Waals surface area contributed by atoms with Crippen molar-refractivity contribution >= 4 is 17.7 Å². The number of nitrogens with one attached hydrogen (secondary N) is 1. The van der Waals surface area contributed by atoms with Gasteiger partial charge in [0.1, 0.15) is 0 Å². The van der Waals surface area contributed by atoms with Crippen LogP contribution in [-0.4, -0.2) is 25.9 Å². The Bertz CT molecular complexity index is 939. The number of aryl methyl sites for hydroxylation is 1. The highest BCUT2D eigenvalue weighted by Crippen LogP contribution is 2.27. The monoisotopic (exact) mass is 394 g/mol. The molecule has 0 saturated heterocycles. The molecule has 1 aromatic heterocycles. The van der Waals surface area contributed by atoms with E-state index in [9.17, 15) is 4.79 Å². The van der Waals surface area contributed by atoms with E-state index in [0.29, 0.717) is 0 Å². The third-order valence-corrected chi connectivity index (χ3v) is 5.70. The van der Waals surface area contributed by atoms with Crippen molar-refractivity contribution in [1.29, 1.82) is 0 Å². The van der Waals surface area contributed by atoms with Gasteiger partial charge in [0.15, 0.2) is 11.0 Å².